The molecule has 1 amide bonds. The van der Waals surface area contributed by atoms with Crippen molar-refractivity contribution in [2.75, 3.05) is 11.1 Å². The Morgan fingerprint density at radius 1 is 1.48 bits per heavy atom. The number of nitrogens with one attached hydrogen (secondary N) is 1. The average molecular weight is 336 g/mol. The van der Waals surface area contributed by atoms with Gasteiger partial charge in [0.15, 0.2) is 9.47 Å². The molecule has 0 radical (unpaired) electrons. The highest BCUT2D eigenvalue weighted by atomic mass is 32.2. The SMILES string of the molecule is C[C@@H](Sc1nc2ccc(N)cc2s1)C(=O)Nc1nccs1. The van der Waals surface area contributed by atoms with Gasteiger partial charge < -0.3 is 11.1 Å². The molecule has 0 saturated heterocycles. The summed E-state index contributed by atoms with van der Waals surface area (Å²) in [5, 5.41) is 4.99. The van der Waals surface area contributed by atoms with E-state index in [2.05, 4.69) is 15.3 Å². The zero-order valence-electron chi connectivity index (χ0n) is 11.1. The van der Waals surface area contributed by atoms with E-state index in [1.165, 1.54) is 23.1 Å². The molecule has 2 heterocycles. The van der Waals surface area contributed by atoms with Crippen LogP contribution in [0.4, 0.5) is 10.8 Å². The van der Waals surface area contributed by atoms with Gasteiger partial charge in [-0.15, -0.1) is 22.7 Å². The first-order chi connectivity index (χ1) is 10.1. The van der Waals surface area contributed by atoms with E-state index < -0.39 is 0 Å². The number of rotatable bonds is 4. The molecule has 8 heteroatoms. The standard InChI is InChI=1S/C13H12N4OS3/c1-7(11(18)17-12-15-4-5-19-12)20-13-16-9-3-2-8(14)6-10(9)21-13/h2-7H,14H2,1H3,(H,15,17,18)/t7-/m1/s1. The van der Waals surface area contributed by atoms with Gasteiger partial charge in [0, 0.05) is 17.3 Å². The van der Waals surface area contributed by atoms with Crippen molar-refractivity contribution in [2.24, 2.45) is 0 Å². The van der Waals surface area contributed by atoms with Crippen molar-refractivity contribution in [3.8, 4) is 0 Å². The third kappa shape index (κ3) is 3.34. The minimum absolute atomic E-state index is 0.0753. The molecule has 2 aromatic heterocycles. The van der Waals surface area contributed by atoms with Crippen LogP contribution in [0.2, 0.25) is 0 Å². The summed E-state index contributed by atoms with van der Waals surface area (Å²) < 4.78 is 1.89. The summed E-state index contributed by atoms with van der Waals surface area (Å²) in [6, 6.07) is 5.62. The molecule has 1 atom stereocenters. The Hall–Kier alpha value is -1.64. The quantitative estimate of drug-likeness (QED) is 0.563. The Kier molecular flexibility index (Phi) is 4.09. The van der Waals surface area contributed by atoms with Gasteiger partial charge in [-0.2, -0.15) is 0 Å². The number of hydrogen-bond donors (Lipinski definition) is 2. The summed E-state index contributed by atoms with van der Waals surface area (Å²) in [7, 11) is 0. The molecular formula is C13H12N4OS3. The molecule has 0 fully saturated rings. The van der Waals surface area contributed by atoms with Crippen molar-refractivity contribution in [1.29, 1.82) is 0 Å². The van der Waals surface area contributed by atoms with Crippen LogP contribution in [0.5, 0.6) is 0 Å². The first-order valence-corrected chi connectivity index (χ1v) is 8.72. The molecule has 0 aliphatic carbocycles. The fourth-order valence-corrected chi connectivity index (χ4v) is 4.46. The van der Waals surface area contributed by atoms with Crippen LogP contribution >= 0.6 is 34.4 Å². The van der Waals surface area contributed by atoms with Gasteiger partial charge in [-0.25, -0.2) is 9.97 Å². The van der Waals surface area contributed by atoms with Crippen LogP contribution in [-0.4, -0.2) is 21.1 Å². The molecule has 0 aliphatic rings. The van der Waals surface area contributed by atoms with Gasteiger partial charge >= 0.3 is 0 Å². The number of nitrogens with zero attached hydrogens (tertiary/aromatic N) is 2. The Bertz CT molecular complexity index is 769. The number of fused-ring (bicyclic) bond motifs is 1. The molecule has 0 spiro atoms. The van der Waals surface area contributed by atoms with Gasteiger partial charge in [-0.1, -0.05) is 11.8 Å². The van der Waals surface area contributed by atoms with Crippen LogP contribution < -0.4 is 11.1 Å². The summed E-state index contributed by atoms with van der Waals surface area (Å²) in [5.74, 6) is -0.0753. The lowest BCUT2D eigenvalue weighted by atomic mass is 10.3. The lowest BCUT2D eigenvalue weighted by molar-refractivity contribution is -0.115. The monoisotopic (exact) mass is 336 g/mol. The summed E-state index contributed by atoms with van der Waals surface area (Å²) in [5.41, 5.74) is 7.39. The lowest BCUT2D eigenvalue weighted by Crippen LogP contribution is -2.22. The highest BCUT2D eigenvalue weighted by Gasteiger charge is 2.17. The molecule has 0 aliphatic heterocycles. The second-order valence-electron chi connectivity index (χ2n) is 4.29. The Morgan fingerprint density at radius 2 is 2.33 bits per heavy atom. The number of amides is 1. The number of aromatic nitrogens is 2. The molecule has 3 aromatic rings. The van der Waals surface area contributed by atoms with Crippen LogP contribution in [-0.2, 0) is 4.79 Å². The number of thioether (sulfide) groups is 1. The fourth-order valence-electron chi connectivity index (χ4n) is 1.67. The number of carbonyl (C=O) groups excluding carboxylic acids is 1. The minimum atomic E-state index is -0.244. The number of thiazole rings is 2. The molecule has 1 aromatic carbocycles. The first kappa shape index (κ1) is 14.3. The highest BCUT2D eigenvalue weighted by Crippen LogP contribution is 2.33. The van der Waals surface area contributed by atoms with Gasteiger partial charge in [0.05, 0.1) is 15.5 Å². The van der Waals surface area contributed by atoms with Crippen LogP contribution in [0.3, 0.4) is 0 Å². The van der Waals surface area contributed by atoms with E-state index in [0.717, 1.165) is 20.2 Å². The molecule has 108 valence electrons. The van der Waals surface area contributed by atoms with Crippen molar-refractivity contribution in [2.45, 2.75) is 16.5 Å². The molecule has 21 heavy (non-hydrogen) atoms. The van der Waals surface area contributed by atoms with Crippen molar-refractivity contribution in [3.05, 3.63) is 29.8 Å². The minimum Gasteiger partial charge on any atom is -0.399 e. The second-order valence-corrected chi connectivity index (χ2v) is 7.81. The molecule has 0 bridgehead atoms. The third-order valence-corrected chi connectivity index (χ3v) is 5.60. The van der Waals surface area contributed by atoms with E-state index in [1.807, 2.05) is 30.5 Å². The highest BCUT2D eigenvalue weighted by molar-refractivity contribution is 8.02. The van der Waals surface area contributed by atoms with Crippen molar-refractivity contribution >= 4 is 61.4 Å². The van der Waals surface area contributed by atoms with Gasteiger partial charge in [-0.3, -0.25) is 4.79 Å². The number of carbonyl (C=O) groups is 1. The smallest absolute Gasteiger partial charge is 0.239 e. The van der Waals surface area contributed by atoms with Gasteiger partial charge in [0.1, 0.15) is 0 Å². The largest absolute Gasteiger partial charge is 0.399 e. The summed E-state index contributed by atoms with van der Waals surface area (Å²) in [4.78, 5) is 20.6. The Morgan fingerprint density at radius 3 is 3.10 bits per heavy atom. The topological polar surface area (TPSA) is 80.9 Å². The Balaban J connectivity index is 1.70. The van der Waals surface area contributed by atoms with Crippen molar-refractivity contribution < 1.29 is 4.79 Å². The molecule has 0 saturated carbocycles. The molecule has 3 N–H and O–H groups in total. The maximum Gasteiger partial charge on any atom is 0.239 e. The van der Waals surface area contributed by atoms with Crippen LogP contribution in [0, 0.1) is 0 Å². The number of benzene rings is 1. The zero-order valence-corrected chi connectivity index (χ0v) is 13.5. The zero-order chi connectivity index (χ0) is 14.8. The van der Waals surface area contributed by atoms with Gasteiger partial charge in [0.25, 0.3) is 0 Å². The van der Waals surface area contributed by atoms with E-state index in [-0.39, 0.29) is 11.2 Å². The summed E-state index contributed by atoms with van der Waals surface area (Å²) in [6.07, 6.45) is 1.66. The first-order valence-electron chi connectivity index (χ1n) is 6.15. The lowest BCUT2D eigenvalue weighted by Gasteiger charge is -2.07. The van der Waals surface area contributed by atoms with E-state index in [9.17, 15) is 4.79 Å². The Labute approximate surface area is 133 Å². The van der Waals surface area contributed by atoms with Gasteiger partial charge in [-0.05, 0) is 25.1 Å². The van der Waals surface area contributed by atoms with E-state index in [0.29, 0.717) is 5.13 Å². The van der Waals surface area contributed by atoms with Gasteiger partial charge in [0.2, 0.25) is 5.91 Å². The number of anilines is 2. The maximum absolute atomic E-state index is 12.1. The summed E-state index contributed by atoms with van der Waals surface area (Å²) in [6.45, 7) is 1.86. The molecule has 3 rings (SSSR count). The number of nitrogen functional groups attached to an aromatic ring is 1. The number of hydrogen-bond acceptors (Lipinski definition) is 7. The molecule has 5 nitrogen and oxygen atoms in total. The van der Waals surface area contributed by atoms with Crippen molar-refractivity contribution in [3.63, 3.8) is 0 Å². The van der Waals surface area contributed by atoms with E-state index >= 15 is 0 Å². The third-order valence-electron chi connectivity index (χ3n) is 2.70. The number of nitrogens with two attached hydrogens (primary N) is 1. The average Bonchev–Trinajstić information content (AvgIpc) is 3.07. The summed E-state index contributed by atoms with van der Waals surface area (Å²) >= 11 is 4.38. The second kappa shape index (κ2) is 6.00. The molecule has 0 unspecified atom stereocenters. The van der Waals surface area contributed by atoms with E-state index in [4.69, 9.17) is 5.73 Å². The van der Waals surface area contributed by atoms with E-state index in [1.54, 1.807) is 17.5 Å². The predicted molar refractivity (Wildman–Crippen MR) is 90.1 cm³/mol. The molecular weight excluding hydrogens is 324 g/mol. The predicted octanol–water partition coefficient (Wildman–Crippen LogP) is 3.45. The van der Waals surface area contributed by atoms with Crippen LogP contribution in [0.25, 0.3) is 10.2 Å². The maximum atomic E-state index is 12.1. The van der Waals surface area contributed by atoms with Crippen molar-refractivity contribution in [1.82, 2.24) is 9.97 Å². The van der Waals surface area contributed by atoms with Crippen LogP contribution in [0.15, 0.2) is 34.1 Å². The normalized spacial score (nSPS) is 12.4. The van der Waals surface area contributed by atoms with Crippen LogP contribution in [0.1, 0.15) is 6.92 Å². The fraction of sp³-hybridized carbons (Fsp3) is 0.154.